The zero-order chi connectivity index (χ0) is 14.0. The molecule has 2 aromatic rings. The maximum absolute atomic E-state index is 12.3. The summed E-state index contributed by atoms with van der Waals surface area (Å²) in [6.07, 6.45) is 0. The van der Waals surface area contributed by atoms with Crippen molar-refractivity contribution in [3.63, 3.8) is 0 Å². The van der Waals surface area contributed by atoms with E-state index in [1.165, 1.54) is 0 Å². The number of halogens is 3. The van der Waals surface area contributed by atoms with Crippen molar-refractivity contribution >= 4 is 56.4 Å². The Bertz CT molecular complexity index is 614. The summed E-state index contributed by atoms with van der Waals surface area (Å²) >= 11 is 17.0. The second-order valence-corrected chi connectivity index (χ2v) is 7.10. The van der Waals surface area contributed by atoms with E-state index in [1.54, 1.807) is 41.5 Å². The third-order valence-electron chi connectivity index (χ3n) is 2.57. The SMILES string of the molecule is CN(Cc1csc(Br)c1)C(=O)c1cccc(Cl)c1Cl. The number of carbonyl (C=O) groups excluding carboxylic acids is 1. The van der Waals surface area contributed by atoms with E-state index in [4.69, 9.17) is 23.2 Å². The number of rotatable bonds is 3. The molecule has 1 aromatic heterocycles. The van der Waals surface area contributed by atoms with E-state index in [0.29, 0.717) is 22.2 Å². The van der Waals surface area contributed by atoms with Crippen LogP contribution in [0.15, 0.2) is 33.4 Å². The van der Waals surface area contributed by atoms with E-state index in [9.17, 15) is 4.79 Å². The van der Waals surface area contributed by atoms with E-state index in [1.807, 2.05) is 11.4 Å². The van der Waals surface area contributed by atoms with Crippen molar-refractivity contribution in [2.75, 3.05) is 7.05 Å². The van der Waals surface area contributed by atoms with E-state index in [2.05, 4.69) is 15.9 Å². The highest BCUT2D eigenvalue weighted by atomic mass is 79.9. The summed E-state index contributed by atoms with van der Waals surface area (Å²) in [4.78, 5) is 13.9. The van der Waals surface area contributed by atoms with Gasteiger partial charge in [-0.25, -0.2) is 0 Å². The maximum Gasteiger partial charge on any atom is 0.255 e. The van der Waals surface area contributed by atoms with Gasteiger partial charge in [0.1, 0.15) is 0 Å². The van der Waals surface area contributed by atoms with Crippen LogP contribution in [0.4, 0.5) is 0 Å². The third-order valence-corrected chi connectivity index (χ3v) is 4.94. The van der Waals surface area contributed by atoms with Crippen molar-refractivity contribution in [3.8, 4) is 0 Å². The lowest BCUT2D eigenvalue weighted by Gasteiger charge is -2.17. The van der Waals surface area contributed by atoms with Gasteiger partial charge in [0.25, 0.3) is 5.91 Å². The van der Waals surface area contributed by atoms with Crippen molar-refractivity contribution in [3.05, 3.63) is 54.6 Å². The Hall–Kier alpha value is -0.550. The number of carbonyl (C=O) groups is 1. The Morgan fingerprint density at radius 2 is 2.16 bits per heavy atom. The minimum absolute atomic E-state index is 0.144. The van der Waals surface area contributed by atoms with Gasteiger partial charge in [0, 0.05) is 13.6 Å². The monoisotopic (exact) mass is 377 g/mol. The molecule has 0 bridgehead atoms. The molecule has 19 heavy (non-hydrogen) atoms. The average Bonchev–Trinajstić information content (AvgIpc) is 2.77. The number of hydrogen-bond acceptors (Lipinski definition) is 2. The number of amides is 1. The molecule has 0 spiro atoms. The van der Waals surface area contributed by atoms with E-state index in [-0.39, 0.29) is 5.91 Å². The molecule has 0 radical (unpaired) electrons. The summed E-state index contributed by atoms with van der Waals surface area (Å²) in [6.45, 7) is 0.532. The summed E-state index contributed by atoms with van der Waals surface area (Å²) in [5.74, 6) is -0.144. The highest BCUT2D eigenvalue weighted by molar-refractivity contribution is 9.11. The molecular formula is C13H10BrCl2NOS. The second kappa shape index (κ2) is 6.27. The van der Waals surface area contributed by atoms with Crippen LogP contribution in [-0.2, 0) is 6.54 Å². The van der Waals surface area contributed by atoms with Gasteiger partial charge in [0.05, 0.1) is 19.4 Å². The van der Waals surface area contributed by atoms with Crippen LogP contribution < -0.4 is 0 Å². The van der Waals surface area contributed by atoms with Gasteiger partial charge in [-0.3, -0.25) is 4.79 Å². The number of thiophene rings is 1. The number of hydrogen-bond donors (Lipinski definition) is 0. The molecule has 0 aliphatic rings. The minimum atomic E-state index is -0.144. The van der Waals surface area contributed by atoms with Crippen molar-refractivity contribution in [1.82, 2.24) is 4.90 Å². The first-order valence-electron chi connectivity index (χ1n) is 5.41. The third kappa shape index (κ3) is 3.51. The molecule has 6 heteroatoms. The quantitative estimate of drug-likeness (QED) is 0.728. The molecule has 0 N–H and O–H groups in total. The first-order valence-corrected chi connectivity index (χ1v) is 7.84. The van der Waals surface area contributed by atoms with Gasteiger partial charge >= 0.3 is 0 Å². The maximum atomic E-state index is 12.3. The van der Waals surface area contributed by atoms with Crippen LogP contribution in [0.5, 0.6) is 0 Å². The van der Waals surface area contributed by atoms with Crippen molar-refractivity contribution in [2.24, 2.45) is 0 Å². The molecular weight excluding hydrogens is 369 g/mol. The van der Waals surface area contributed by atoms with Crippen molar-refractivity contribution in [2.45, 2.75) is 6.54 Å². The van der Waals surface area contributed by atoms with Crippen LogP contribution in [0, 0.1) is 0 Å². The van der Waals surface area contributed by atoms with Crippen molar-refractivity contribution in [1.29, 1.82) is 0 Å². The highest BCUT2D eigenvalue weighted by Gasteiger charge is 2.17. The zero-order valence-corrected chi connectivity index (χ0v) is 13.9. The predicted molar refractivity (Wildman–Crippen MR) is 84.3 cm³/mol. The smallest absolute Gasteiger partial charge is 0.255 e. The second-order valence-electron chi connectivity index (χ2n) is 4.02. The molecule has 0 atom stereocenters. The van der Waals surface area contributed by atoms with Gasteiger partial charge in [-0.2, -0.15) is 0 Å². The Morgan fingerprint density at radius 1 is 1.42 bits per heavy atom. The van der Waals surface area contributed by atoms with Gasteiger partial charge < -0.3 is 4.90 Å². The van der Waals surface area contributed by atoms with Gasteiger partial charge in [0.2, 0.25) is 0 Å². The Kier molecular flexibility index (Phi) is 4.90. The Labute approximate surface area is 134 Å². The van der Waals surface area contributed by atoms with Crippen LogP contribution in [0.3, 0.4) is 0 Å². The summed E-state index contributed by atoms with van der Waals surface area (Å²) < 4.78 is 1.05. The topological polar surface area (TPSA) is 20.3 Å². The van der Waals surface area contributed by atoms with Crippen LogP contribution in [-0.4, -0.2) is 17.9 Å². The lowest BCUT2D eigenvalue weighted by Crippen LogP contribution is -2.26. The molecule has 0 aliphatic carbocycles. The fourth-order valence-electron chi connectivity index (χ4n) is 1.65. The fourth-order valence-corrected chi connectivity index (χ4v) is 3.23. The highest BCUT2D eigenvalue weighted by Crippen LogP contribution is 2.27. The van der Waals surface area contributed by atoms with Crippen LogP contribution in [0.25, 0.3) is 0 Å². The molecule has 2 rings (SSSR count). The minimum Gasteiger partial charge on any atom is -0.337 e. The summed E-state index contributed by atoms with van der Waals surface area (Å²) in [5, 5.41) is 2.69. The van der Waals surface area contributed by atoms with E-state index >= 15 is 0 Å². The van der Waals surface area contributed by atoms with Crippen LogP contribution >= 0.6 is 50.5 Å². The molecule has 0 fully saturated rings. The molecule has 0 saturated heterocycles. The standard InChI is InChI=1S/C13H10BrCl2NOS/c1-17(6-8-5-11(14)19-7-8)13(18)9-3-2-4-10(15)12(9)16/h2-5,7H,6H2,1H3. The predicted octanol–water partition coefficient (Wildman–Crippen LogP) is 5.09. The molecule has 1 aromatic carbocycles. The average molecular weight is 379 g/mol. The van der Waals surface area contributed by atoms with Gasteiger partial charge in [-0.1, -0.05) is 29.3 Å². The molecule has 2 nitrogen and oxygen atoms in total. The van der Waals surface area contributed by atoms with Crippen molar-refractivity contribution < 1.29 is 4.79 Å². The van der Waals surface area contributed by atoms with Crippen LogP contribution in [0.1, 0.15) is 15.9 Å². The lowest BCUT2D eigenvalue weighted by molar-refractivity contribution is 0.0785. The first-order chi connectivity index (χ1) is 8.99. The number of benzene rings is 1. The number of nitrogens with zero attached hydrogens (tertiary/aromatic N) is 1. The fraction of sp³-hybridized carbons (Fsp3) is 0.154. The van der Waals surface area contributed by atoms with Gasteiger partial charge in [-0.05, 0) is 45.1 Å². The summed E-state index contributed by atoms with van der Waals surface area (Å²) in [5.41, 5.74) is 1.50. The lowest BCUT2D eigenvalue weighted by atomic mass is 10.2. The summed E-state index contributed by atoms with van der Waals surface area (Å²) in [7, 11) is 1.74. The molecule has 0 unspecified atom stereocenters. The molecule has 0 saturated carbocycles. The molecule has 1 heterocycles. The van der Waals surface area contributed by atoms with Gasteiger partial charge in [0.15, 0.2) is 0 Å². The first kappa shape index (κ1) is 14.9. The largest absolute Gasteiger partial charge is 0.337 e. The molecule has 0 aliphatic heterocycles. The van der Waals surface area contributed by atoms with E-state index < -0.39 is 0 Å². The summed E-state index contributed by atoms with van der Waals surface area (Å²) in [6, 6.07) is 7.05. The molecule has 100 valence electrons. The normalized spacial score (nSPS) is 10.5. The zero-order valence-electron chi connectivity index (χ0n) is 9.99. The van der Waals surface area contributed by atoms with Crippen LogP contribution in [0.2, 0.25) is 10.0 Å². The Morgan fingerprint density at radius 3 is 2.79 bits per heavy atom. The van der Waals surface area contributed by atoms with E-state index in [0.717, 1.165) is 9.35 Å². The molecule has 1 amide bonds. The Balaban J connectivity index is 2.17. The van der Waals surface area contributed by atoms with Gasteiger partial charge in [-0.15, -0.1) is 11.3 Å².